The molecule has 3 heteroatoms. The summed E-state index contributed by atoms with van der Waals surface area (Å²) in [6, 6.07) is 74.5. The Balaban J connectivity index is 1.08. The van der Waals surface area contributed by atoms with Crippen molar-refractivity contribution in [3.05, 3.63) is 206 Å². The second-order valence-electron chi connectivity index (χ2n) is 16.7. The maximum atomic E-state index is 2.50. The molecule has 0 unspecified atom stereocenters. The van der Waals surface area contributed by atoms with E-state index in [1.54, 1.807) is 0 Å². The molecule has 1 fully saturated rings. The van der Waals surface area contributed by atoms with Gasteiger partial charge in [-0.3, -0.25) is 0 Å². The predicted molar refractivity (Wildman–Crippen MR) is 263 cm³/mol. The molecule has 2 nitrogen and oxygen atoms in total. The van der Waals surface area contributed by atoms with Crippen LogP contribution < -0.4 is 4.90 Å². The average Bonchev–Trinajstić information content (AvgIpc) is 3.88. The molecule has 1 aliphatic rings. The van der Waals surface area contributed by atoms with Crippen LogP contribution in [0, 0.1) is 0 Å². The summed E-state index contributed by atoms with van der Waals surface area (Å²) in [5.41, 5.74) is 13.5. The van der Waals surface area contributed by atoms with Gasteiger partial charge in [0.25, 0.3) is 0 Å². The molecule has 1 saturated carbocycles. The Hall–Kier alpha value is -6.94. The van der Waals surface area contributed by atoms with Crippen molar-refractivity contribution in [3.8, 4) is 27.9 Å². The van der Waals surface area contributed by atoms with E-state index in [4.69, 9.17) is 0 Å². The van der Waals surface area contributed by atoms with Crippen LogP contribution in [0.4, 0.5) is 17.1 Å². The fraction of sp³-hybridized carbons (Fsp3) is 0.103. The number of rotatable bonds is 7. The van der Waals surface area contributed by atoms with E-state index in [0.29, 0.717) is 5.92 Å². The molecule has 292 valence electrons. The van der Waals surface area contributed by atoms with Crippen LogP contribution in [0.25, 0.3) is 80.7 Å². The van der Waals surface area contributed by atoms with Gasteiger partial charge in [-0.25, -0.2) is 0 Å². The molecular formula is C58H44N2S. The summed E-state index contributed by atoms with van der Waals surface area (Å²) in [7, 11) is 0. The van der Waals surface area contributed by atoms with E-state index >= 15 is 0 Å². The zero-order valence-corrected chi connectivity index (χ0v) is 34.8. The van der Waals surface area contributed by atoms with Gasteiger partial charge in [0.15, 0.2) is 0 Å². The normalized spacial score (nSPS) is 13.5. The first kappa shape index (κ1) is 36.0. The number of fused-ring (bicyclic) bond motifs is 7. The summed E-state index contributed by atoms with van der Waals surface area (Å²) in [6.45, 7) is 0. The Morgan fingerprint density at radius 2 is 1.10 bits per heavy atom. The number of benzene rings is 9. The summed E-state index contributed by atoms with van der Waals surface area (Å²) >= 11 is 1.87. The zero-order chi connectivity index (χ0) is 40.3. The van der Waals surface area contributed by atoms with Crippen molar-refractivity contribution >= 4 is 81.1 Å². The molecule has 0 N–H and O–H groups in total. The smallest absolute Gasteiger partial charge is 0.0542 e. The van der Waals surface area contributed by atoms with Crippen LogP contribution in [0.2, 0.25) is 0 Å². The van der Waals surface area contributed by atoms with Crippen molar-refractivity contribution in [3.63, 3.8) is 0 Å². The molecule has 2 heterocycles. The highest BCUT2D eigenvalue weighted by Gasteiger charge is 2.24. The van der Waals surface area contributed by atoms with Crippen LogP contribution in [-0.2, 0) is 0 Å². The highest BCUT2D eigenvalue weighted by molar-refractivity contribution is 7.25. The minimum Gasteiger partial charge on any atom is -0.310 e. The maximum absolute atomic E-state index is 2.50. The Kier molecular flexibility index (Phi) is 8.82. The fourth-order valence-corrected chi connectivity index (χ4v) is 11.6. The van der Waals surface area contributed by atoms with Crippen molar-refractivity contribution in [2.45, 2.75) is 38.0 Å². The lowest BCUT2D eigenvalue weighted by atomic mass is 9.80. The lowest BCUT2D eigenvalue weighted by Crippen LogP contribution is -2.11. The second-order valence-corrected chi connectivity index (χ2v) is 17.7. The number of hydrogen-bond acceptors (Lipinski definition) is 2. The van der Waals surface area contributed by atoms with Crippen LogP contribution >= 0.6 is 11.3 Å². The van der Waals surface area contributed by atoms with Gasteiger partial charge >= 0.3 is 0 Å². The molecule has 0 amide bonds. The van der Waals surface area contributed by atoms with Gasteiger partial charge in [-0.15, -0.1) is 11.3 Å². The number of aromatic nitrogens is 1. The molecular weight excluding hydrogens is 757 g/mol. The van der Waals surface area contributed by atoms with Crippen molar-refractivity contribution in [1.29, 1.82) is 0 Å². The number of nitrogens with zero attached hydrogens (tertiary/aromatic N) is 2. The average molecular weight is 801 g/mol. The molecule has 0 bridgehead atoms. The van der Waals surface area contributed by atoms with E-state index in [9.17, 15) is 0 Å². The second kappa shape index (κ2) is 15.0. The molecule has 0 radical (unpaired) electrons. The summed E-state index contributed by atoms with van der Waals surface area (Å²) < 4.78 is 5.05. The zero-order valence-electron chi connectivity index (χ0n) is 34.0. The van der Waals surface area contributed by atoms with Crippen LogP contribution in [0.3, 0.4) is 0 Å². The van der Waals surface area contributed by atoms with E-state index in [1.807, 2.05) is 11.3 Å². The lowest BCUT2D eigenvalue weighted by molar-refractivity contribution is 0.445. The molecule has 2 aromatic heterocycles. The summed E-state index contributed by atoms with van der Waals surface area (Å²) in [5, 5.41) is 7.85. The molecule has 12 rings (SSSR count). The quantitative estimate of drug-likeness (QED) is 0.156. The van der Waals surface area contributed by atoms with Crippen molar-refractivity contribution in [2.24, 2.45) is 0 Å². The number of thiophene rings is 1. The first-order valence-corrected chi connectivity index (χ1v) is 22.6. The van der Waals surface area contributed by atoms with Gasteiger partial charge in [-0.05, 0) is 119 Å². The van der Waals surface area contributed by atoms with Gasteiger partial charge < -0.3 is 9.47 Å². The largest absolute Gasteiger partial charge is 0.310 e. The van der Waals surface area contributed by atoms with Gasteiger partial charge in [0.2, 0.25) is 0 Å². The van der Waals surface area contributed by atoms with Gasteiger partial charge in [0, 0.05) is 53.6 Å². The van der Waals surface area contributed by atoms with E-state index < -0.39 is 0 Å². The van der Waals surface area contributed by atoms with E-state index in [2.05, 4.69) is 210 Å². The first-order valence-electron chi connectivity index (χ1n) is 21.8. The molecule has 1 aliphatic carbocycles. The molecule has 61 heavy (non-hydrogen) atoms. The minimum atomic E-state index is 0.587. The third kappa shape index (κ3) is 6.06. The number of para-hydroxylation sites is 3. The van der Waals surface area contributed by atoms with Crippen molar-refractivity contribution in [1.82, 2.24) is 4.57 Å². The lowest BCUT2D eigenvalue weighted by Gasteiger charge is -2.29. The minimum absolute atomic E-state index is 0.587. The molecule has 0 spiro atoms. The number of anilines is 3. The Morgan fingerprint density at radius 1 is 0.443 bits per heavy atom. The molecule has 0 saturated heterocycles. The maximum Gasteiger partial charge on any atom is 0.0542 e. The van der Waals surface area contributed by atoms with Gasteiger partial charge in [0.05, 0.1) is 16.7 Å². The monoisotopic (exact) mass is 800 g/mol. The van der Waals surface area contributed by atoms with Gasteiger partial charge in [0.1, 0.15) is 0 Å². The van der Waals surface area contributed by atoms with E-state index in [-0.39, 0.29) is 0 Å². The van der Waals surface area contributed by atoms with Gasteiger partial charge in [-0.2, -0.15) is 0 Å². The fourth-order valence-electron chi connectivity index (χ4n) is 10.4. The van der Waals surface area contributed by atoms with Crippen molar-refractivity contribution in [2.75, 3.05) is 4.90 Å². The van der Waals surface area contributed by atoms with Crippen molar-refractivity contribution < 1.29 is 0 Å². The Morgan fingerprint density at radius 3 is 1.97 bits per heavy atom. The third-order valence-corrected chi connectivity index (χ3v) is 14.3. The van der Waals surface area contributed by atoms with Crippen LogP contribution in [0.5, 0.6) is 0 Å². The first-order chi connectivity index (χ1) is 30.3. The van der Waals surface area contributed by atoms with Crippen LogP contribution in [0.15, 0.2) is 200 Å². The summed E-state index contributed by atoms with van der Waals surface area (Å²) in [5.74, 6) is 0.587. The Bertz CT molecular complexity index is 3400. The third-order valence-electron chi connectivity index (χ3n) is 13.2. The Labute approximate surface area is 360 Å². The predicted octanol–water partition coefficient (Wildman–Crippen LogP) is 17.2. The highest BCUT2D eigenvalue weighted by Crippen LogP contribution is 2.48. The van der Waals surface area contributed by atoms with Crippen LogP contribution in [-0.4, -0.2) is 4.57 Å². The molecule has 0 aliphatic heterocycles. The summed E-state index contributed by atoms with van der Waals surface area (Å²) in [6.07, 6.45) is 6.49. The van der Waals surface area contributed by atoms with Gasteiger partial charge in [-0.1, -0.05) is 153 Å². The summed E-state index contributed by atoms with van der Waals surface area (Å²) in [4.78, 5) is 2.50. The van der Waals surface area contributed by atoms with Crippen LogP contribution in [0.1, 0.15) is 43.6 Å². The number of hydrogen-bond donors (Lipinski definition) is 0. The highest BCUT2D eigenvalue weighted by atomic mass is 32.1. The van der Waals surface area contributed by atoms with E-state index in [0.717, 1.165) is 17.1 Å². The molecule has 11 aromatic rings. The molecule has 9 aromatic carbocycles. The molecule has 0 atom stereocenters. The standard InChI is InChI=1S/C58H44N2S/c1-3-16-39(17-4-1)45-25-13-18-41-19-14-27-49(57(41)45)47-22-7-10-28-52(47)59(43-34-32-40(33-35-43)46-26-15-31-56-58(46)50-24-9-12-30-55(50)61-56)44-36-37-54-51(38-44)48-23-8-11-29-53(48)60(54)42-20-5-2-6-21-42/h2,5-15,18-39H,1,3-4,16-17H2. The SMILES string of the molecule is c1ccc(-n2c3ccccc3c3cc(N(c4ccc(-c5cccc6sc7ccccc7c56)cc4)c4ccccc4-c4cccc5cccc(C6CCCCC6)c45)ccc32)cc1. The van der Waals surface area contributed by atoms with E-state index in [1.165, 1.54) is 118 Å². The topological polar surface area (TPSA) is 8.17 Å².